The zero-order valence-electron chi connectivity index (χ0n) is 15.6. The summed E-state index contributed by atoms with van der Waals surface area (Å²) in [7, 11) is 0. The van der Waals surface area contributed by atoms with Crippen molar-refractivity contribution in [1.82, 2.24) is 10.2 Å². The van der Waals surface area contributed by atoms with E-state index in [0.29, 0.717) is 62.7 Å². The van der Waals surface area contributed by atoms with Crippen molar-refractivity contribution in [2.45, 2.75) is 38.9 Å². The Bertz CT molecular complexity index is 643. The Morgan fingerprint density at radius 3 is 2.46 bits per heavy atom. The maximum absolute atomic E-state index is 12.8. The summed E-state index contributed by atoms with van der Waals surface area (Å²) in [5, 5.41) is 2.91. The number of carbonyl (C=O) groups excluding carboxylic acids is 2. The van der Waals surface area contributed by atoms with E-state index < -0.39 is 5.79 Å². The number of hydrogen-bond acceptors (Lipinski definition) is 4. The molecule has 0 aromatic heterocycles. The van der Waals surface area contributed by atoms with Crippen molar-refractivity contribution < 1.29 is 19.1 Å². The highest BCUT2D eigenvalue weighted by Gasteiger charge is 2.40. The summed E-state index contributed by atoms with van der Waals surface area (Å²) in [4.78, 5) is 26.9. The molecule has 0 aliphatic carbocycles. The van der Waals surface area contributed by atoms with E-state index in [-0.39, 0.29) is 11.8 Å². The van der Waals surface area contributed by atoms with Gasteiger partial charge in [0, 0.05) is 43.6 Å². The standard InChI is InChI=1S/C20H28N2O4/c1-15(2)6-9-21-18(23)16-4-3-5-17(14-16)19(24)22-10-7-20(8-11-22)25-12-13-26-20/h3-5,14-15H,6-13H2,1-2H3,(H,21,23). The van der Waals surface area contributed by atoms with Gasteiger partial charge in [-0.15, -0.1) is 0 Å². The lowest BCUT2D eigenvalue weighted by atomic mass is 10.0. The highest BCUT2D eigenvalue weighted by molar-refractivity contribution is 5.99. The van der Waals surface area contributed by atoms with Crippen molar-refractivity contribution in [2.24, 2.45) is 5.92 Å². The first-order valence-electron chi connectivity index (χ1n) is 9.44. The summed E-state index contributed by atoms with van der Waals surface area (Å²) >= 11 is 0. The molecule has 2 saturated heterocycles. The molecule has 2 heterocycles. The zero-order valence-corrected chi connectivity index (χ0v) is 15.6. The fourth-order valence-electron chi connectivity index (χ4n) is 3.39. The van der Waals surface area contributed by atoms with Crippen LogP contribution in [0.4, 0.5) is 0 Å². The van der Waals surface area contributed by atoms with Crippen molar-refractivity contribution in [3.8, 4) is 0 Å². The molecule has 2 amide bonds. The van der Waals surface area contributed by atoms with Gasteiger partial charge in [0.2, 0.25) is 0 Å². The molecule has 0 saturated carbocycles. The Morgan fingerprint density at radius 2 is 1.81 bits per heavy atom. The molecule has 2 aliphatic heterocycles. The first kappa shape index (κ1) is 18.9. The van der Waals surface area contributed by atoms with E-state index >= 15 is 0 Å². The summed E-state index contributed by atoms with van der Waals surface area (Å²) in [5.41, 5.74) is 1.07. The predicted octanol–water partition coefficient (Wildman–Crippen LogP) is 2.44. The van der Waals surface area contributed by atoms with E-state index in [1.807, 2.05) is 4.90 Å². The molecule has 0 atom stereocenters. The molecular weight excluding hydrogens is 332 g/mol. The van der Waals surface area contributed by atoms with Crippen LogP contribution < -0.4 is 5.32 Å². The van der Waals surface area contributed by atoms with Gasteiger partial charge in [0.25, 0.3) is 11.8 Å². The van der Waals surface area contributed by atoms with Gasteiger partial charge in [0.05, 0.1) is 13.2 Å². The van der Waals surface area contributed by atoms with Crippen LogP contribution in [0.25, 0.3) is 0 Å². The van der Waals surface area contributed by atoms with Gasteiger partial charge >= 0.3 is 0 Å². The molecule has 142 valence electrons. The van der Waals surface area contributed by atoms with Crippen LogP contribution in [0, 0.1) is 5.92 Å². The summed E-state index contributed by atoms with van der Waals surface area (Å²) in [6.45, 7) is 7.34. The van der Waals surface area contributed by atoms with Gasteiger partial charge in [-0.25, -0.2) is 0 Å². The second-order valence-corrected chi connectivity index (χ2v) is 7.42. The molecule has 2 fully saturated rings. The number of hydrogen-bond donors (Lipinski definition) is 1. The molecule has 0 unspecified atom stereocenters. The molecule has 26 heavy (non-hydrogen) atoms. The fraction of sp³-hybridized carbons (Fsp3) is 0.600. The average molecular weight is 360 g/mol. The Kier molecular flexibility index (Phi) is 5.94. The fourth-order valence-corrected chi connectivity index (χ4v) is 3.39. The van der Waals surface area contributed by atoms with E-state index in [0.717, 1.165) is 6.42 Å². The minimum absolute atomic E-state index is 0.0466. The molecule has 2 aliphatic rings. The maximum Gasteiger partial charge on any atom is 0.253 e. The molecule has 1 spiro atoms. The quantitative estimate of drug-likeness (QED) is 0.876. The molecular formula is C20H28N2O4. The molecule has 1 aromatic rings. The monoisotopic (exact) mass is 360 g/mol. The Hall–Kier alpha value is -1.92. The van der Waals surface area contributed by atoms with E-state index in [1.54, 1.807) is 24.3 Å². The molecule has 3 rings (SSSR count). The first-order valence-corrected chi connectivity index (χ1v) is 9.44. The van der Waals surface area contributed by atoms with Gasteiger partial charge < -0.3 is 19.7 Å². The van der Waals surface area contributed by atoms with E-state index in [4.69, 9.17) is 9.47 Å². The van der Waals surface area contributed by atoms with Crippen LogP contribution in [0.2, 0.25) is 0 Å². The van der Waals surface area contributed by atoms with Crippen LogP contribution in [-0.2, 0) is 9.47 Å². The summed E-state index contributed by atoms with van der Waals surface area (Å²) in [6, 6.07) is 6.95. The van der Waals surface area contributed by atoms with Crippen molar-refractivity contribution >= 4 is 11.8 Å². The van der Waals surface area contributed by atoms with Crippen molar-refractivity contribution in [2.75, 3.05) is 32.8 Å². The number of amides is 2. The molecule has 6 nitrogen and oxygen atoms in total. The van der Waals surface area contributed by atoms with Crippen LogP contribution in [-0.4, -0.2) is 55.3 Å². The van der Waals surface area contributed by atoms with E-state index in [2.05, 4.69) is 19.2 Å². The van der Waals surface area contributed by atoms with Crippen LogP contribution in [0.1, 0.15) is 53.8 Å². The molecule has 0 bridgehead atoms. The SMILES string of the molecule is CC(C)CCNC(=O)c1cccc(C(=O)N2CCC3(CC2)OCCO3)c1. The van der Waals surface area contributed by atoms with Gasteiger partial charge in [-0.05, 0) is 30.5 Å². The minimum atomic E-state index is -0.491. The third-order valence-electron chi connectivity index (χ3n) is 5.00. The number of carbonyl (C=O) groups is 2. The van der Waals surface area contributed by atoms with Gasteiger partial charge in [0.15, 0.2) is 5.79 Å². The van der Waals surface area contributed by atoms with Gasteiger partial charge in [-0.3, -0.25) is 9.59 Å². The molecule has 1 aromatic carbocycles. The van der Waals surface area contributed by atoms with Crippen molar-refractivity contribution in [3.05, 3.63) is 35.4 Å². The van der Waals surface area contributed by atoms with Gasteiger partial charge in [0.1, 0.15) is 0 Å². The van der Waals surface area contributed by atoms with E-state index in [1.165, 1.54) is 0 Å². The summed E-state index contributed by atoms with van der Waals surface area (Å²) in [5.74, 6) is -0.131. The average Bonchev–Trinajstić information content (AvgIpc) is 3.09. The third-order valence-corrected chi connectivity index (χ3v) is 5.00. The third kappa shape index (κ3) is 4.43. The zero-order chi connectivity index (χ0) is 18.6. The van der Waals surface area contributed by atoms with Gasteiger partial charge in [-0.1, -0.05) is 19.9 Å². The lowest BCUT2D eigenvalue weighted by Crippen LogP contribution is -2.47. The number of likely N-dealkylation sites (tertiary alicyclic amines) is 1. The smallest absolute Gasteiger partial charge is 0.253 e. The number of piperidine rings is 1. The number of rotatable bonds is 5. The lowest BCUT2D eigenvalue weighted by Gasteiger charge is -2.37. The van der Waals surface area contributed by atoms with Gasteiger partial charge in [-0.2, -0.15) is 0 Å². The highest BCUT2D eigenvalue weighted by atomic mass is 16.7. The Morgan fingerprint density at radius 1 is 1.15 bits per heavy atom. The number of nitrogens with zero attached hydrogens (tertiary/aromatic N) is 1. The Balaban J connectivity index is 1.59. The number of benzene rings is 1. The summed E-state index contributed by atoms with van der Waals surface area (Å²) < 4.78 is 11.4. The van der Waals surface area contributed by atoms with Crippen LogP contribution >= 0.6 is 0 Å². The maximum atomic E-state index is 12.8. The minimum Gasteiger partial charge on any atom is -0.352 e. The normalized spacial score (nSPS) is 19.1. The topological polar surface area (TPSA) is 67.9 Å². The second-order valence-electron chi connectivity index (χ2n) is 7.42. The summed E-state index contributed by atoms with van der Waals surface area (Å²) in [6.07, 6.45) is 2.31. The second kappa shape index (κ2) is 8.18. The number of ether oxygens (including phenoxy) is 2. The molecule has 1 N–H and O–H groups in total. The van der Waals surface area contributed by atoms with Crippen LogP contribution in [0.15, 0.2) is 24.3 Å². The first-order chi connectivity index (χ1) is 12.5. The molecule has 0 radical (unpaired) electrons. The molecule has 6 heteroatoms. The van der Waals surface area contributed by atoms with Crippen molar-refractivity contribution in [3.63, 3.8) is 0 Å². The van der Waals surface area contributed by atoms with Crippen LogP contribution in [0.5, 0.6) is 0 Å². The lowest BCUT2D eigenvalue weighted by molar-refractivity contribution is -0.181. The highest BCUT2D eigenvalue weighted by Crippen LogP contribution is 2.31. The largest absolute Gasteiger partial charge is 0.352 e. The van der Waals surface area contributed by atoms with E-state index in [9.17, 15) is 9.59 Å². The predicted molar refractivity (Wildman–Crippen MR) is 98.0 cm³/mol. The number of nitrogens with one attached hydrogen (secondary N) is 1. The Labute approximate surface area is 154 Å². The van der Waals surface area contributed by atoms with Crippen LogP contribution in [0.3, 0.4) is 0 Å². The van der Waals surface area contributed by atoms with Crippen molar-refractivity contribution in [1.29, 1.82) is 0 Å².